The number of ether oxygens (including phenoxy) is 1. The number of methoxy groups -OCH3 is 1. The lowest BCUT2D eigenvalue weighted by molar-refractivity contribution is 0.0958. The molecule has 1 N–H and O–H groups in total. The summed E-state index contributed by atoms with van der Waals surface area (Å²) in [6.45, 7) is 5.57. The van der Waals surface area contributed by atoms with Crippen LogP contribution in [0.5, 0.6) is 0 Å². The summed E-state index contributed by atoms with van der Waals surface area (Å²) in [5.74, 6) is -0.222. The largest absolute Gasteiger partial charge is 0.383 e. The van der Waals surface area contributed by atoms with Gasteiger partial charge in [0, 0.05) is 35.8 Å². The number of benzene rings is 1. The SMILES string of the molecule is COCCn1c(C)c(C)c2cc(C(=O)NCC#N)ccc21. The molecule has 0 radical (unpaired) electrons. The predicted molar refractivity (Wildman–Crippen MR) is 81.2 cm³/mol. The van der Waals surface area contributed by atoms with Gasteiger partial charge in [-0.3, -0.25) is 4.79 Å². The first-order valence-corrected chi connectivity index (χ1v) is 6.83. The second-order valence-corrected chi connectivity index (χ2v) is 4.93. The molecule has 0 saturated heterocycles. The number of nitrogens with one attached hydrogen (secondary N) is 1. The number of amides is 1. The van der Waals surface area contributed by atoms with Gasteiger partial charge in [0.15, 0.2) is 0 Å². The first-order valence-electron chi connectivity index (χ1n) is 6.83. The van der Waals surface area contributed by atoms with Crippen molar-refractivity contribution in [3.8, 4) is 6.07 Å². The normalized spacial score (nSPS) is 10.6. The van der Waals surface area contributed by atoms with Crippen molar-refractivity contribution in [1.82, 2.24) is 9.88 Å². The monoisotopic (exact) mass is 285 g/mol. The lowest BCUT2D eigenvalue weighted by Crippen LogP contribution is -2.23. The molecule has 0 saturated carbocycles. The van der Waals surface area contributed by atoms with Gasteiger partial charge in [-0.25, -0.2) is 0 Å². The van der Waals surface area contributed by atoms with Crippen LogP contribution in [-0.4, -0.2) is 30.7 Å². The van der Waals surface area contributed by atoms with Crippen molar-refractivity contribution in [3.05, 3.63) is 35.0 Å². The summed E-state index contributed by atoms with van der Waals surface area (Å²) in [6, 6.07) is 7.53. The van der Waals surface area contributed by atoms with Crippen LogP contribution in [0.2, 0.25) is 0 Å². The summed E-state index contributed by atoms with van der Waals surface area (Å²) >= 11 is 0. The number of nitrogens with zero attached hydrogens (tertiary/aromatic N) is 2. The Bertz CT molecular complexity index is 710. The van der Waals surface area contributed by atoms with E-state index in [4.69, 9.17) is 10.00 Å². The van der Waals surface area contributed by atoms with E-state index in [-0.39, 0.29) is 12.5 Å². The number of carbonyl (C=O) groups excluding carboxylic acids is 1. The summed E-state index contributed by atoms with van der Waals surface area (Å²) in [4.78, 5) is 11.9. The van der Waals surface area contributed by atoms with E-state index in [2.05, 4.69) is 23.7 Å². The summed E-state index contributed by atoms with van der Waals surface area (Å²) in [7, 11) is 1.69. The van der Waals surface area contributed by atoms with Crippen molar-refractivity contribution in [3.63, 3.8) is 0 Å². The molecule has 2 aromatic rings. The van der Waals surface area contributed by atoms with E-state index in [0.717, 1.165) is 23.0 Å². The first kappa shape index (κ1) is 15.1. The fourth-order valence-electron chi connectivity index (χ4n) is 2.48. The molecule has 0 atom stereocenters. The van der Waals surface area contributed by atoms with Crippen LogP contribution >= 0.6 is 0 Å². The first-order chi connectivity index (χ1) is 10.1. The Kier molecular flexibility index (Phi) is 4.61. The van der Waals surface area contributed by atoms with Crippen LogP contribution < -0.4 is 5.32 Å². The number of hydrogen-bond donors (Lipinski definition) is 1. The minimum absolute atomic E-state index is 0.0176. The molecule has 1 heterocycles. The van der Waals surface area contributed by atoms with Gasteiger partial charge in [-0.05, 0) is 37.6 Å². The van der Waals surface area contributed by atoms with Crippen LogP contribution in [0.25, 0.3) is 10.9 Å². The molecule has 0 bridgehead atoms. The number of carbonyl (C=O) groups is 1. The van der Waals surface area contributed by atoms with Gasteiger partial charge < -0.3 is 14.6 Å². The molecule has 1 amide bonds. The summed E-state index contributed by atoms with van der Waals surface area (Å²) in [5.41, 5.74) is 4.01. The van der Waals surface area contributed by atoms with Crippen molar-refractivity contribution < 1.29 is 9.53 Å². The second kappa shape index (κ2) is 6.42. The Labute approximate surface area is 124 Å². The van der Waals surface area contributed by atoms with Crippen LogP contribution in [0.15, 0.2) is 18.2 Å². The van der Waals surface area contributed by atoms with Crippen molar-refractivity contribution >= 4 is 16.8 Å². The zero-order valence-corrected chi connectivity index (χ0v) is 12.6. The summed E-state index contributed by atoms with van der Waals surface area (Å²) in [6.07, 6.45) is 0. The van der Waals surface area contributed by atoms with Gasteiger partial charge in [0.25, 0.3) is 5.91 Å². The van der Waals surface area contributed by atoms with Crippen LogP contribution in [0, 0.1) is 25.2 Å². The van der Waals surface area contributed by atoms with E-state index in [1.54, 1.807) is 13.2 Å². The fraction of sp³-hybridized carbons (Fsp3) is 0.375. The molecule has 0 aliphatic carbocycles. The van der Waals surface area contributed by atoms with Gasteiger partial charge in [-0.15, -0.1) is 0 Å². The van der Waals surface area contributed by atoms with Gasteiger partial charge in [0.2, 0.25) is 0 Å². The highest BCUT2D eigenvalue weighted by Crippen LogP contribution is 2.26. The Balaban J connectivity index is 2.42. The molecule has 5 nitrogen and oxygen atoms in total. The average Bonchev–Trinajstić information content (AvgIpc) is 2.74. The van der Waals surface area contributed by atoms with E-state index in [1.807, 2.05) is 18.2 Å². The standard InChI is InChI=1S/C16H19N3O2/c1-11-12(2)19(8-9-21-3)15-5-4-13(10-14(11)15)16(20)18-7-6-17/h4-5,10H,7-9H2,1-3H3,(H,18,20). The zero-order chi connectivity index (χ0) is 15.4. The molecular weight excluding hydrogens is 266 g/mol. The number of aromatic nitrogens is 1. The number of nitriles is 1. The minimum Gasteiger partial charge on any atom is -0.383 e. The van der Waals surface area contributed by atoms with Crippen LogP contribution in [0.1, 0.15) is 21.6 Å². The highest BCUT2D eigenvalue weighted by atomic mass is 16.5. The van der Waals surface area contributed by atoms with Crippen molar-refractivity contribution in [2.45, 2.75) is 20.4 Å². The Hall–Kier alpha value is -2.32. The molecule has 1 aromatic heterocycles. The highest BCUT2D eigenvalue weighted by molar-refractivity contribution is 5.99. The van der Waals surface area contributed by atoms with Crippen LogP contribution in [0.3, 0.4) is 0 Å². The van der Waals surface area contributed by atoms with Gasteiger partial charge in [0.05, 0.1) is 12.7 Å². The number of rotatable bonds is 5. The number of aryl methyl sites for hydroxylation is 1. The lowest BCUT2D eigenvalue weighted by atomic mass is 10.1. The van der Waals surface area contributed by atoms with Gasteiger partial charge in [-0.1, -0.05) is 0 Å². The smallest absolute Gasteiger partial charge is 0.252 e. The Morgan fingerprint density at radius 2 is 2.19 bits per heavy atom. The molecule has 0 fully saturated rings. The maximum absolute atomic E-state index is 11.9. The summed E-state index contributed by atoms with van der Waals surface area (Å²) < 4.78 is 7.35. The second-order valence-electron chi connectivity index (χ2n) is 4.93. The Morgan fingerprint density at radius 1 is 1.43 bits per heavy atom. The van der Waals surface area contributed by atoms with Crippen LogP contribution in [0.4, 0.5) is 0 Å². The third kappa shape index (κ3) is 2.91. The van der Waals surface area contributed by atoms with Crippen molar-refractivity contribution in [1.29, 1.82) is 5.26 Å². The summed E-state index contributed by atoms with van der Waals surface area (Å²) in [5, 5.41) is 12.1. The molecule has 0 spiro atoms. The average molecular weight is 285 g/mol. The molecule has 5 heteroatoms. The van der Waals surface area contributed by atoms with Gasteiger partial charge in [-0.2, -0.15) is 5.26 Å². The van der Waals surface area contributed by atoms with Gasteiger partial charge in [0.1, 0.15) is 6.54 Å². The molecule has 1 aromatic carbocycles. The topological polar surface area (TPSA) is 67.0 Å². The van der Waals surface area contributed by atoms with E-state index >= 15 is 0 Å². The van der Waals surface area contributed by atoms with E-state index in [0.29, 0.717) is 12.2 Å². The molecular formula is C16H19N3O2. The maximum Gasteiger partial charge on any atom is 0.252 e. The molecule has 21 heavy (non-hydrogen) atoms. The minimum atomic E-state index is -0.222. The molecule has 0 unspecified atom stereocenters. The molecule has 2 rings (SSSR count). The van der Waals surface area contributed by atoms with Gasteiger partial charge >= 0.3 is 0 Å². The predicted octanol–water partition coefficient (Wildman–Crippen LogP) is 2.16. The van der Waals surface area contributed by atoms with Crippen LogP contribution in [-0.2, 0) is 11.3 Å². The number of fused-ring (bicyclic) bond motifs is 1. The van der Waals surface area contributed by atoms with Crippen molar-refractivity contribution in [2.75, 3.05) is 20.3 Å². The molecule has 0 aliphatic rings. The zero-order valence-electron chi connectivity index (χ0n) is 12.6. The fourth-order valence-corrected chi connectivity index (χ4v) is 2.48. The van der Waals surface area contributed by atoms with E-state index in [9.17, 15) is 4.79 Å². The molecule has 0 aliphatic heterocycles. The lowest BCUT2D eigenvalue weighted by Gasteiger charge is -2.08. The van der Waals surface area contributed by atoms with E-state index in [1.165, 1.54) is 5.69 Å². The van der Waals surface area contributed by atoms with Crippen molar-refractivity contribution in [2.24, 2.45) is 0 Å². The number of hydrogen-bond acceptors (Lipinski definition) is 3. The Morgan fingerprint density at radius 3 is 2.86 bits per heavy atom. The third-order valence-corrected chi connectivity index (χ3v) is 3.75. The maximum atomic E-state index is 11.9. The third-order valence-electron chi connectivity index (χ3n) is 3.75. The highest BCUT2D eigenvalue weighted by Gasteiger charge is 2.13. The quantitative estimate of drug-likeness (QED) is 0.856. The van der Waals surface area contributed by atoms with E-state index < -0.39 is 0 Å². The molecule has 110 valence electrons.